The van der Waals surface area contributed by atoms with Crippen molar-refractivity contribution in [2.75, 3.05) is 13.7 Å². The van der Waals surface area contributed by atoms with Crippen LogP contribution in [0, 0.1) is 13.8 Å². The van der Waals surface area contributed by atoms with Gasteiger partial charge < -0.3 is 14.6 Å². The number of imidazole rings is 1. The molecule has 1 aliphatic rings. The van der Waals surface area contributed by atoms with Gasteiger partial charge in [-0.3, -0.25) is 4.79 Å². The zero-order valence-corrected chi connectivity index (χ0v) is 16.3. The smallest absolute Gasteiger partial charge is 0.325 e. The molecule has 5 nitrogen and oxygen atoms in total. The summed E-state index contributed by atoms with van der Waals surface area (Å²) in [5, 5.41) is 0. The first-order valence-corrected chi connectivity index (χ1v) is 9.29. The van der Waals surface area contributed by atoms with Gasteiger partial charge in [-0.05, 0) is 42.2 Å². The fourth-order valence-corrected chi connectivity index (χ4v) is 3.33. The topological polar surface area (TPSA) is 58.2 Å². The Hall–Kier alpha value is -3.34. The maximum atomic E-state index is 11.5. The molecule has 0 atom stereocenters. The predicted octanol–water partition coefficient (Wildman–Crippen LogP) is 4.32. The van der Waals surface area contributed by atoms with Crippen LogP contribution in [0.3, 0.4) is 0 Å². The molecular weight excluding hydrogens is 350 g/mol. The zero-order valence-electron chi connectivity index (χ0n) is 16.3. The second kappa shape index (κ2) is 7.35. The molecule has 0 bridgehead atoms. The number of methoxy groups -OCH3 is 1. The van der Waals surface area contributed by atoms with Crippen LogP contribution in [0.25, 0.3) is 28.6 Å². The van der Waals surface area contributed by atoms with E-state index in [1.807, 2.05) is 17.2 Å². The Labute approximate surface area is 164 Å². The number of ether oxygens (including phenoxy) is 1. The van der Waals surface area contributed by atoms with E-state index in [1.165, 1.54) is 29.4 Å². The number of aromatic nitrogens is 2. The van der Waals surface area contributed by atoms with Crippen molar-refractivity contribution in [1.29, 1.82) is 0 Å². The maximum Gasteiger partial charge on any atom is 0.325 e. The van der Waals surface area contributed by atoms with Crippen LogP contribution in [0.5, 0.6) is 0 Å². The largest absolute Gasteiger partial charge is 0.468 e. The van der Waals surface area contributed by atoms with E-state index in [9.17, 15) is 4.79 Å². The fraction of sp³-hybridized carbons (Fsp3) is 0.217. The lowest BCUT2D eigenvalue weighted by Crippen LogP contribution is -2.27. The predicted molar refractivity (Wildman–Crippen MR) is 110 cm³/mol. The lowest BCUT2D eigenvalue weighted by Gasteiger charge is -2.21. The summed E-state index contributed by atoms with van der Waals surface area (Å²) < 4.78 is 4.74. The third kappa shape index (κ3) is 3.56. The van der Waals surface area contributed by atoms with Crippen molar-refractivity contribution in [3.05, 3.63) is 71.2 Å². The lowest BCUT2D eigenvalue weighted by atomic mass is 9.99. The highest BCUT2D eigenvalue weighted by molar-refractivity contribution is 5.72. The van der Waals surface area contributed by atoms with Crippen molar-refractivity contribution in [2.24, 2.45) is 0 Å². The summed E-state index contributed by atoms with van der Waals surface area (Å²) in [4.78, 5) is 21.5. The number of benzene rings is 2. The molecule has 0 aliphatic carbocycles. The molecule has 1 aromatic heterocycles. The number of carbonyl (C=O) groups is 1. The molecule has 0 radical (unpaired) electrons. The SMILES string of the molecule is COC(=O)CN1C=Cc2nc(-c3ccc(-c4ccc(C)c(C)c4)cc3)[nH]c2C1. The summed E-state index contributed by atoms with van der Waals surface area (Å²) in [5.74, 6) is 0.580. The molecule has 1 aliphatic heterocycles. The Balaban J connectivity index is 1.54. The number of hydrogen-bond acceptors (Lipinski definition) is 4. The quantitative estimate of drug-likeness (QED) is 0.692. The van der Waals surface area contributed by atoms with Gasteiger partial charge in [0.25, 0.3) is 0 Å². The zero-order chi connectivity index (χ0) is 19.7. The van der Waals surface area contributed by atoms with Crippen molar-refractivity contribution in [2.45, 2.75) is 20.4 Å². The van der Waals surface area contributed by atoms with Crippen LogP contribution in [0.1, 0.15) is 22.5 Å². The van der Waals surface area contributed by atoms with E-state index in [-0.39, 0.29) is 12.5 Å². The van der Waals surface area contributed by atoms with E-state index in [0.29, 0.717) is 6.54 Å². The molecular formula is C23H23N3O2. The average molecular weight is 373 g/mol. The normalized spacial score (nSPS) is 12.8. The van der Waals surface area contributed by atoms with Crippen LogP contribution in [-0.2, 0) is 16.1 Å². The van der Waals surface area contributed by atoms with Crippen molar-refractivity contribution in [3.63, 3.8) is 0 Å². The number of rotatable bonds is 4. The van der Waals surface area contributed by atoms with Crippen LogP contribution < -0.4 is 0 Å². The van der Waals surface area contributed by atoms with E-state index in [0.717, 1.165) is 22.8 Å². The van der Waals surface area contributed by atoms with Gasteiger partial charge in [-0.2, -0.15) is 0 Å². The van der Waals surface area contributed by atoms with Gasteiger partial charge in [-0.15, -0.1) is 0 Å². The minimum atomic E-state index is -0.255. The van der Waals surface area contributed by atoms with Gasteiger partial charge in [-0.25, -0.2) is 4.98 Å². The first-order chi connectivity index (χ1) is 13.5. The monoisotopic (exact) mass is 373 g/mol. The summed E-state index contributed by atoms with van der Waals surface area (Å²) in [6.45, 7) is 5.10. The van der Waals surface area contributed by atoms with E-state index < -0.39 is 0 Å². The van der Waals surface area contributed by atoms with Gasteiger partial charge in [0, 0.05) is 11.8 Å². The standard InChI is InChI=1S/C23H23N3O2/c1-15-4-5-19(12-16(15)2)17-6-8-18(9-7-17)23-24-20-10-11-26(13-21(20)25-23)14-22(27)28-3/h4-12H,13-14H2,1-3H3,(H,24,25). The third-order valence-electron chi connectivity index (χ3n) is 5.17. The number of carbonyl (C=O) groups excluding carboxylic acids is 1. The third-order valence-corrected chi connectivity index (χ3v) is 5.17. The van der Waals surface area contributed by atoms with Crippen molar-refractivity contribution in [1.82, 2.24) is 14.9 Å². The first-order valence-electron chi connectivity index (χ1n) is 9.29. The molecule has 2 aromatic carbocycles. The van der Waals surface area contributed by atoms with Crippen LogP contribution in [0.2, 0.25) is 0 Å². The second-order valence-electron chi connectivity index (χ2n) is 7.12. The molecule has 5 heteroatoms. The highest BCUT2D eigenvalue weighted by atomic mass is 16.5. The molecule has 142 valence electrons. The molecule has 1 N–H and O–H groups in total. The summed E-state index contributed by atoms with van der Waals surface area (Å²) in [6.07, 6.45) is 3.80. The Morgan fingerprint density at radius 2 is 1.79 bits per heavy atom. The van der Waals surface area contributed by atoms with Gasteiger partial charge in [0.15, 0.2) is 0 Å². The van der Waals surface area contributed by atoms with Gasteiger partial charge in [0.2, 0.25) is 0 Å². The Kier molecular flexibility index (Phi) is 4.74. The van der Waals surface area contributed by atoms with E-state index in [1.54, 1.807) is 0 Å². The highest BCUT2D eigenvalue weighted by Gasteiger charge is 2.18. The van der Waals surface area contributed by atoms with Crippen molar-refractivity contribution >= 4 is 12.0 Å². The molecule has 2 heterocycles. The van der Waals surface area contributed by atoms with Crippen molar-refractivity contribution in [3.8, 4) is 22.5 Å². The average Bonchev–Trinajstić information content (AvgIpc) is 3.13. The molecule has 0 saturated carbocycles. The lowest BCUT2D eigenvalue weighted by molar-refractivity contribution is -0.141. The van der Waals surface area contributed by atoms with Crippen LogP contribution in [0.4, 0.5) is 0 Å². The first kappa shape index (κ1) is 18.0. The highest BCUT2D eigenvalue weighted by Crippen LogP contribution is 2.27. The molecule has 0 spiro atoms. The summed E-state index contributed by atoms with van der Waals surface area (Å²) in [6, 6.07) is 15.0. The Morgan fingerprint density at radius 1 is 1.07 bits per heavy atom. The number of aryl methyl sites for hydroxylation is 2. The maximum absolute atomic E-state index is 11.5. The molecule has 0 amide bonds. The van der Waals surface area contributed by atoms with Gasteiger partial charge in [-0.1, -0.05) is 42.5 Å². The molecule has 3 aromatic rings. The number of nitrogens with zero attached hydrogens (tertiary/aromatic N) is 2. The summed E-state index contributed by atoms with van der Waals surface area (Å²) in [7, 11) is 1.40. The van der Waals surface area contributed by atoms with Gasteiger partial charge >= 0.3 is 5.97 Å². The van der Waals surface area contributed by atoms with E-state index in [4.69, 9.17) is 9.72 Å². The number of H-pyrrole nitrogens is 1. The van der Waals surface area contributed by atoms with Crippen molar-refractivity contribution < 1.29 is 9.53 Å². The Bertz CT molecular complexity index is 1050. The van der Waals surface area contributed by atoms with Gasteiger partial charge in [0.05, 0.1) is 25.0 Å². The molecule has 28 heavy (non-hydrogen) atoms. The molecule has 0 saturated heterocycles. The minimum absolute atomic E-state index is 0.228. The number of aromatic amines is 1. The van der Waals surface area contributed by atoms with E-state index >= 15 is 0 Å². The Morgan fingerprint density at radius 3 is 2.50 bits per heavy atom. The second-order valence-corrected chi connectivity index (χ2v) is 7.12. The molecule has 0 fully saturated rings. The molecule has 0 unspecified atom stereocenters. The number of fused-ring (bicyclic) bond motifs is 1. The van der Waals surface area contributed by atoms with Crippen LogP contribution >= 0.6 is 0 Å². The van der Waals surface area contributed by atoms with Crippen LogP contribution in [0.15, 0.2) is 48.7 Å². The van der Waals surface area contributed by atoms with Gasteiger partial charge in [0.1, 0.15) is 12.4 Å². The molecule has 4 rings (SSSR count). The van der Waals surface area contributed by atoms with E-state index in [2.05, 4.69) is 61.3 Å². The van der Waals surface area contributed by atoms with Crippen LogP contribution in [-0.4, -0.2) is 34.5 Å². The summed E-state index contributed by atoms with van der Waals surface area (Å²) in [5.41, 5.74) is 7.95. The number of hydrogen-bond donors (Lipinski definition) is 1. The number of nitrogens with one attached hydrogen (secondary N) is 1. The number of esters is 1. The summed E-state index contributed by atoms with van der Waals surface area (Å²) >= 11 is 0. The minimum Gasteiger partial charge on any atom is -0.468 e. The fourth-order valence-electron chi connectivity index (χ4n) is 3.33.